The molecule has 0 aliphatic heterocycles. The maximum Gasteiger partial charge on any atom is 0.263 e. The van der Waals surface area contributed by atoms with Crippen LogP contribution in [0.5, 0.6) is 0 Å². The first-order valence-corrected chi connectivity index (χ1v) is 13.7. The quantitative estimate of drug-likeness (QED) is 0.0911. The minimum atomic E-state index is -0.371. The highest BCUT2D eigenvalue weighted by molar-refractivity contribution is 7.99. The highest BCUT2D eigenvalue weighted by atomic mass is 32.2. The summed E-state index contributed by atoms with van der Waals surface area (Å²) < 4.78 is 31.1. The molecule has 0 unspecified atom stereocenters. The van der Waals surface area contributed by atoms with Crippen LogP contribution >= 0.6 is 23.1 Å². The average molecular weight is 548 g/mol. The van der Waals surface area contributed by atoms with Gasteiger partial charge in [0.25, 0.3) is 5.56 Å². The first kappa shape index (κ1) is 25.8. The second kappa shape index (κ2) is 10.5. The predicted octanol–water partition coefficient (Wildman–Crippen LogP) is 6.97. The van der Waals surface area contributed by atoms with Gasteiger partial charge >= 0.3 is 0 Å². The summed E-state index contributed by atoms with van der Waals surface area (Å²) in [6.45, 7) is 7.60. The maximum absolute atomic E-state index is 14.5. The van der Waals surface area contributed by atoms with Gasteiger partial charge in [0.05, 0.1) is 16.8 Å². The Balaban J connectivity index is 1.47. The second-order valence-corrected chi connectivity index (χ2v) is 10.5. The highest BCUT2D eigenvalue weighted by Gasteiger charge is 2.21. The minimum absolute atomic E-state index is 0.0485. The number of benzene rings is 2. The number of carbonyl (C=O) groups is 1. The summed E-state index contributed by atoms with van der Waals surface area (Å²) in [4.78, 5) is 32.0. The van der Waals surface area contributed by atoms with E-state index in [0.717, 1.165) is 11.3 Å². The van der Waals surface area contributed by atoms with E-state index in [4.69, 9.17) is 4.98 Å². The second-order valence-electron chi connectivity index (χ2n) is 8.72. The van der Waals surface area contributed by atoms with Crippen molar-refractivity contribution in [1.82, 2.24) is 14.1 Å². The molecule has 0 atom stereocenters. The fourth-order valence-corrected chi connectivity index (χ4v) is 6.38. The Morgan fingerprint density at radius 2 is 1.87 bits per heavy atom. The molecule has 3 heterocycles. The first-order valence-electron chi connectivity index (χ1n) is 11.8. The highest BCUT2D eigenvalue weighted by Crippen LogP contribution is 2.33. The Bertz CT molecular complexity index is 1750. The zero-order chi connectivity index (χ0) is 27.0. The van der Waals surface area contributed by atoms with Gasteiger partial charge in [-0.15, -0.1) is 17.9 Å². The van der Waals surface area contributed by atoms with Gasteiger partial charge in [0.1, 0.15) is 16.5 Å². The summed E-state index contributed by atoms with van der Waals surface area (Å²) >= 11 is 2.50. The minimum Gasteiger partial charge on any atom is -0.315 e. The van der Waals surface area contributed by atoms with Crippen LogP contribution < -0.4 is 5.56 Å². The molecule has 0 spiro atoms. The number of para-hydroxylation sites is 1. The molecule has 9 heteroatoms. The van der Waals surface area contributed by atoms with Crippen molar-refractivity contribution in [2.45, 2.75) is 25.5 Å². The Labute approximate surface area is 226 Å². The topological polar surface area (TPSA) is 56.9 Å². The van der Waals surface area contributed by atoms with E-state index in [2.05, 4.69) is 6.58 Å². The molecule has 0 fully saturated rings. The smallest absolute Gasteiger partial charge is 0.263 e. The number of nitrogens with zero attached hydrogens (tertiary/aromatic N) is 3. The van der Waals surface area contributed by atoms with Crippen molar-refractivity contribution < 1.29 is 13.6 Å². The van der Waals surface area contributed by atoms with Gasteiger partial charge in [-0.2, -0.15) is 0 Å². The lowest BCUT2D eigenvalue weighted by Gasteiger charge is -2.11. The number of fused-ring (bicyclic) bond motifs is 1. The summed E-state index contributed by atoms with van der Waals surface area (Å²) in [5.74, 6) is -0.825. The number of aryl methyl sites for hydroxylation is 1. The molecular formula is C29H23F2N3O2S2. The molecule has 3 aromatic heterocycles. The Hall–Kier alpha value is -3.82. The number of carbonyl (C=O) groups excluding carboxylic acids is 1. The Morgan fingerprint density at radius 1 is 1.13 bits per heavy atom. The van der Waals surface area contributed by atoms with Gasteiger partial charge in [-0.1, -0.05) is 42.1 Å². The van der Waals surface area contributed by atoms with Crippen molar-refractivity contribution in [3.05, 3.63) is 112 Å². The van der Waals surface area contributed by atoms with Crippen molar-refractivity contribution >= 4 is 39.1 Å². The molecule has 2 aromatic carbocycles. The summed E-state index contributed by atoms with van der Waals surface area (Å²) in [5.41, 5.74) is 3.44. The lowest BCUT2D eigenvalue weighted by Crippen LogP contribution is -2.23. The zero-order valence-electron chi connectivity index (χ0n) is 20.7. The molecule has 192 valence electrons. The van der Waals surface area contributed by atoms with Crippen LogP contribution in [-0.2, 0) is 6.54 Å². The van der Waals surface area contributed by atoms with E-state index in [0.29, 0.717) is 37.9 Å². The fourth-order valence-electron chi connectivity index (χ4n) is 4.50. The van der Waals surface area contributed by atoms with Gasteiger partial charge < -0.3 is 4.57 Å². The molecule has 5 aromatic rings. The van der Waals surface area contributed by atoms with Crippen LogP contribution in [0.4, 0.5) is 8.78 Å². The number of halogens is 2. The van der Waals surface area contributed by atoms with Gasteiger partial charge in [-0.25, -0.2) is 13.8 Å². The molecule has 0 saturated carbocycles. The van der Waals surface area contributed by atoms with Crippen LogP contribution in [0.15, 0.2) is 82.6 Å². The molecule has 5 rings (SSSR count). The predicted molar refractivity (Wildman–Crippen MR) is 150 cm³/mol. The standard InChI is InChI=1S/C29H23F2N3O2S2/c1-4-13-33-28(36)26-22(19-9-11-20(30)12-10-19)15-37-27(26)32-29(33)38-16-25(35)21-14-17(2)34(18(21)3)24-8-6-5-7-23(24)31/h4-12,14-15H,1,13,16H2,2-3H3. The molecule has 0 bridgehead atoms. The molecule has 0 aliphatic rings. The van der Waals surface area contributed by atoms with E-state index in [9.17, 15) is 18.4 Å². The summed E-state index contributed by atoms with van der Waals surface area (Å²) in [6.07, 6.45) is 1.60. The lowest BCUT2D eigenvalue weighted by atomic mass is 10.1. The van der Waals surface area contributed by atoms with Crippen LogP contribution in [0.2, 0.25) is 0 Å². The van der Waals surface area contributed by atoms with E-state index in [1.165, 1.54) is 45.9 Å². The number of Topliss-reactive ketones (excluding diaryl/α,β-unsaturated/α-hetero) is 1. The van der Waals surface area contributed by atoms with Gasteiger partial charge in [0.15, 0.2) is 10.9 Å². The van der Waals surface area contributed by atoms with E-state index < -0.39 is 0 Å². The van der Waals surface area contributed by atoms with Crippen LogP contribution in [0.3, 0.4) is 0 Å². The lowest BCUT2D eigenvalue weighted by molar-refractivity contribution is 0.102. The largest absolute Gasteiger partial charge is 0.315 e. The normalized spacial score (nSPS) is 11.3. The van der Waals surface area contributed by atoms with Crippen molar-refractivity contribution in [2.75, 3.05) is 5.75 Å². The summed E-state index contributed by atoms with van der Waals surface area (Å²) in [6, 6.07) is 14.2. The van der Waals surface area contributed by atoms with Gasteiger partial charge in [0.2, 0.25) is 0 Å². The SMILES string of the molecule is C=CCn1c(SCC(=O)c2cc(C)n(-c3ccccc3F)c2C)nc2scc(-c3ccc(F)cc3)c2c1=O. The van der Waals surface area contributed by atoms with Crippen LogP contribution in [0, 0.1) is 25.5 Å². The number of allylic oxidation sites excluding steroid dienone is 1. The number of thioether (sulfide) groups is 1. The molecule has 0 aliphatic carbocycles. The average Bonchev–Trinajstić information content (AvgIpc) is 3.46. The monoisotopic (exact) mass is 547 g/mol. The zero-order valence-corrected chi connectivity index (χ0v) is 22.3. The van der Waals surface area contributed by atoms with Crippen molar-refractivity contribution in [1.29, 1.82) is 0 Å². The number of aromatic nitrogens is 3. The first-order chi connectivity index (χ1) is 18.3. The van der Waals surface area contributed by atoms with Gasteiger partial charge in [-0.05, 0) is 49.7 Å². The Kier molecular flexibility index (Phi) is 7.14. The van der Waals surface area contributed by atoms with Crippen molar-refractivity contribution in [3.8, 4) is 16.8 Å². The molecule has 0 radical (unpaired) electrons. The molecule has 0 saturated heterocycles. The Morgan fingerprint density at radius 3 is 2.58 bits per heavy atom. The summed E-state index contributed by atoms with van der Waals surface area (Å²) in [7, 11) is 0. The molecular weight excluding hydrogens is 524 g/mol. The van der Waals surface area contributed by atoms with Crippen LogP contribution in [0.1, 0.15) is 21.7 Å². The molecule has 0 N–H and O–H groups in total. The maximum atomic E-state index is 14.5. The van der Waals surface area contributed by atoms with Crippen LogP contribution in [0.25, 0.3) is 27.0 Å². The van der Waals surface area contributed by atoms with Gasteiger partial charge in [-0.3, -0.25) is 14.2 Å². The van der Waals surface area contributed by atoms with Crippen molar-refractivity contribution in [2.24, 2.45) is 0 Å². The number of rotatable bonds is 8. The molecule has 38 heavy (non-hydrogen) atoms. The van der Waals surface area contributed by atoms with Crippen molar-refractivity contribution in [3.63, 3.8) is 0 Å². The molecule has 5 nitrogen and oxygen atoms in total. The van der Waals surface area contributed by atoms with E-state index in [1.54, 1.807) is 54.0 Å². The molecule has 0 amide bonds. The third-order valence-electron chi connectivity index (χ3n) is 6.28. The number of hydrogen-bond donors (Lipinski definition) is 0. The third-order valence-corrected chi connectivity index (χ3v) is 8.13. The van der Waals surface area contributed by atoms with E-state index >= 15 is 0 Å². The number of hydrogen-bond acceptors (Lipinski definition) is 5. The number of thiophene rings is 1. The van der Waals surface area contributed by atoms with Gasteiger partial charge in [0, 0.05) is 34.4 Å². The summed E-state index contributed by atoms with van der Waals surface area (Å²) in [5, 5.41) is 2.69. The number of ketones is 1. The van der Waals surface area contributed by atoms with Crippen LogP contribution in [-0.4, -0.2) is 25.7 Å². The fraction of sp³-hybridized carbons (Fsp3) is 0.138. The van der Waals surface area contributed by atoms with E-state index in [-0.39, 0.29) is 35.3 Å². The van der Waals surface area contributed by atoms with E-state index in [1.807, 2.05) is 12.3 Å². The third kappa shape index (κ3) is 4.63.